The van der Waals surface area contributed by atoms with Gasteiger partial charge in [0.2, 0.25) is 0 Å². The van der Waals surface area contributed by atoms with Crippen LogP contribution in [0.3, 0.4) is 0 Å². The summed E-state index contributed by atoms with van der Waals surface area (Å²) < 4.78 is 0. The first kappa shape index (κ1) is 18.1. The van der Waals surface area contributed by atoms with Crippen molar-refractivity contribution >= 4 is 11.8 Å². The zero-order valence-electron chi connectivity index (χ0n) is 15.4. The molecule has 0 heterocycles. The molecule has 130 valence electrons. The predicted octanol–water partition coefficient (Wildman–Crippen LogP) is 5.49. The molecule has 0 fully saturated rings. The van der Waals surface area contributed by atoms with Gasteiger partial charge in [-0.1, -0.05) is 63.1 Å². The van der Waals surface area contributed by atoms with Crippen molar-refractivity contribution in [1.29, 1.82) is 0 Å². The molecule has 1 aliphatic rings. The number of benzene rings is 2. The average Bonchev–Trinajstić information content (AvgIpc) is 3.01. The van der Waals surface area contributed by atoms with Crippen molar-refractivity contribution in [2.75, 3.05) is 6.54 Å². The third-order valence-electron chi connectivity index (χ3n) is 4.89. The maximum absolute atomic E-state index is 5.39. The summed E-state index contributed by atoms with van der Waals surface area (Å²) in [6, 6.07) is 16.2. The molecule has 1 atom stereocenters. The number of hydrogen-bond acceptors (Lipinski definition) is 2. The maximum Gasteiger partial charge on any atom is 0.0578 e. The van der Waals surface area contributed by atoms with Gasteiger partial charge in [0.25, 0.3) is 0 Å². The first-order valence-corrected chi connectivity index (χ1v) is 9.98. The first-order valence-electron chi connectivity index (χ1n) is 9.00. The van der Waals surface area contributed by atoms with E-state index in [4.69, 9.17) is 6.42 Å². The van der Waals surface area contributed by atoms with Crippen LogP contribution in [0.25, 0.3) is 0 Å². The van der Waals surface area contributed by atoms with E-state index in [0.29, 0.717) is 12.6 Å². The molecule has 0 amide bonds. The quantitative estimate of drug-likeness (QED) is 0.566. The van der Waals surface area contributed by atoms with E-state index in [1.165, 1.54) is 27.1 Å². The van der Waals surface area contributed by atoms with Gasteiger partial charge in [-0.15, -0.1) is 18.2 Å². The zero-order chi connectivity index (χ0) is 17.9. The minimum atomic E-state index is 0.215. The molecule has 1 unspecified atom stereocenters. The average molecular weight is 350 g/mol. The minimum Gasteiger partial charge on any atom is -0.299 e. The van der Waals surface area contributed by atoms with E-state index >= 15 is 0 Å². The van der Waals surface area contributed by atoms with Crippen LogP contribution in [-0.4, -0.2) is 6.54 Å². The molecule has 0 bridgehead atoms. The van der Waals surface area contributed by atoms with Crippen molar-refractivity contribution in [2.24, 2.45) is 0 Å². The van der Waals surface area contributed by atoms with Crippen LogP contribution in [0.15, 0.2) is 47.4 Å². The van der Waals surface area contributed by atoms with Crippen molar-refractivity contribution in [1.82, 2.24) is 5.32 Å². The Balaban J connectivity index is 1.69. The molecule has 0 aromatic heterocycles. The Kier molecular flexibility index (Phi) is 5.57. The summed E-state index contributed by atoms with van der Waals surface area (Å²) in [5, 5.41) is 3.46. The molecular formula is C23H27NS. The van der Waals surface area contributed by atoms with E-state index in [1.54, 1.807) is 0 Å². The summed E-state index contributed by atoms with van der Waals surface area (Å²) in [7, 11) is 0. The maximum atomic E-state index is 5.39. The summed E-state index contributed by atoms with van der Waals surface area (Å²) in [4.78, 5) is 1.42. The van der Waals surface area contributed by atoms with E-state index in [1.807, 2.05) is 11.8 Å². The zero-order valence-corrected chi connectivity index (χ0v) is 16.2. The molecule has 2 aromatic rings. The van der Waals surface area contributed by atoms with Gasteiger partial charge in [0.05, 0.1) is 6.54 Å². The highest BCUT2D eigenvalue weighted by molar-refractivity contribution is 7.98. The Bertz CT molecular complexity index is 762. The molecule has 3 rings (SSSR count). The van der Waals surface area contributed by atoms with Crippen LogP contribution in [0, 0.1) is 12.3 Å². The summed E-state index contributed by atoms with van der Waals surface area (Å²) in [6.07, 6.45) is 7.68. The number of rotatable bonds is 5. The van der Waals surface area contributed by atoms with Crippen LogP contribution in [0.4, 0.5) is 0 Å². The topological polar surface area (TPSA) is 12.0 Å². The van der Waals surface area contributed by atoms with E-state index in [-0.39, 0.29) is 5.41 Å². The van der Waals surface area contributed by atoms with E-state index in [2.05, 4.69) is 74.5 Å². The molecule has 0 saturated carbocycles. The fourth-order valence-corrected chi connectivity index (χ4v) is 4.50. The number of fused-ring (bicyclic) bond motifs is 1. The van der Waals surface area contributed by atoms with Gasteiger partial charge < -0.3 is 0 Å². The van der Waals surface area contributed by atoms with Gasteiger partial charge in [-0.25, -0.2) is 0 Å². The Labute approximate surface area is 156 Å². The van der Waals surface area contributed by atoms with Gasteiger partial charge in [-0.05, 0) is 46.6 Å². The third-order valence-corrected chi connectivity index (χ3v) is 6.06. The number of nitrogens with one attached hydrogen (secondary N) is 1. The van der Waals surface area contributed by atoms with Crippen LogP contribution >= 0.6 is 11.8 Å². The van der Waals surface area contributed by atoms with Gasteiger partial charge in [-0.3, -0.25) is 5.32 Å². The number of terminal acetylenes is 1. The molecule has 25 heavy (non-hydrogen) atoms. The standard InChI is InChI=1S/C23H27NS/c1-5-15-24-21-14-13-20-19(21)7-6-8-22(20)25-16-17-9-11-18(12-10-17)23(2,3)4/h1,6-12,21,24H,13-16H2,2-4H3. The second-order valence-electron chi connectivity index (χ2n) is 7.74. The molecule has 0 aliphatic heterocycles. The van der Waals surface area contributed by atoms with Crippen molar-refractivity contribution in [3.05, 3.63) is 64.7 Å². The van der Waals surface area contributed by atoms with Crippen molar-refractivity contribution in [3.8, 4) is 12.3 Å². The van der Waals surface area contributed by atoms with E-state index in [0.717, 1.165) is 18.6 Å². The van der Waals surface area contributed by atoms with Crippen LogP contribution in [0.2, 0.25) is 0 Å². The SMILES string of the molecule is C#CCNC1CCc2c(SCc3ccc(C(C)(C)C)cc3)cccc21. The highest BCUT2D eigenvalue weighted by atomic mass is 32.2. The second-order valence-corrected chi connectivity index (χ2v) is 8.75. The summed E-state index contributed by atoms with van der Waals surface area (Å²) in [5.74, 6) is 3.70. The predicted molar refractivity (Wildman–Crippen MR) is 109 cm³/mol. The Morgan fingerprint density at radius 2 is 1.92 bits per heavy atom. The van der Waals surface area contributed by atoms with Crippen molar-refractivity contribution in [3.63, 3.8) is 0 Å². The van der Waals surface area contributed by atoms with Gasteiger partial charge in [0.1, 0.15) is 0 Å². The van der Waals surface area contributed by atoms with Crippen molar-refractivity contribution in [2.45, 2.75) is 55.7 Å². The van der Waals surface area contributed by atoms with E-state index in [9.17, 15) is 0 Å². The monoisotopic (exact) mass is 349 g/mol. The van der Waals surface area contributed by atoms with Gasteiger partial charge in [0.15, 0.2) is 0 Å². The van der Waals surface area contributed by atoms with Gasteiger partial charge >= 0.3 is 0 Å². The molecule has 2 heteroatoms. The Morgan fingerprint density at radius 1 is 1.16 bits per heavy atom. The lowest BCUT2D eigenvalue weighted by molar-refractivity contribution is 0.568. The smallest absolute Gasteiger partial charge is 0.0578 e. The molecule has 1 nitrogen and oxygen atoms in total. The fourth-order valence-electron chi connectivity index (χ4n) is 3.41. The lowest BCUT2D eigenvalue weighted by Gasteiger charge is -2.19. The van der Waals surface area contributed by atoms with Gasteiger partial charge in [-0.2, -0.15) is 0 Å². The Hall–Kier alpha value is -1.69. The summed E-state index contributed by atoms with van der Waals surface area (Å²) in [5.41, 5.74) is 5.93. The van der Waals surface area contributed by atoms with Crippen LogP contribution in [-0.2, 0) is 17.6 Å². The number of thioether (sulfide) groups is 1. The highest BCUT2D eigenvalue weighted by Gasteiger charge is 2.23. The molecule has 1 N–H and O–H groups in total. The van der Waals surface area contributed by atoms with Crippen LogP contribution in [0.1, 0.15) is 55.5 Å². The lowest BCUT2D eigenvalue weighted by Crippen LogP contribution is -2.19. The molecular weight excluding hydrogens is 322 g/mol. The minimum absolute atomic E-state index is 0.215. The highest BCUT2D eigenvalue weighted by Crippen LogP contribution is 2.38. The molecule has 0 radical (unpaired) electrons. The lowest BCUT2D eigenvalue weighted by atomic mass is 9.87. The molecule has 1 aliphatic carbocycles. The fraction of sp³-hybridized carbons (Fsp3) is 0.391. The molecule has 2 aromatic carbocycles. The summed E-state index contributed by atoms with van der Waals surface area (Å²) in [6.45, 7) is 7.42. The second kappa shape index (κ2) is 7.68. The van der Waals surface area contributed by atoms with Crippen LogP contribution < -0.4 is 5.32 Å². The Morgan fingerprint density at radius 3 is 2.60 bits per heavy atom. The third kappa shape index (κ3) is 4.29. The normalized spacial score (nSPS) is 16.5. The number of hydrogen-bond donors (Lipinski definition) is 1. The molecule has 0 saturated heterocycles. The van der Waals surface area contributed by atoms with Crippen LogP contribution in [0.5, 0.6) is 0 Å². The molecule has 0 spiro atoms. The summed E-state index contributed by atoms with van der Waals surface area (Å²) >= 11 is 1.95. The van der Waals surface area contributed by atoms with Gasteiger partial charge in [0, 0.05) is 16.7 Å². The van der Waals surface area contributed by atoms with Crippen molar-refractivity contribution < 1.29 is 0 Å². The first-order chi connectivity index (χ1) is 12.0. The largest absolute Gasteiger partial charge is 0.299 e. The van der Waals surface area contributed by atoms with E-state index < -0.39 is 0 Å².